The molecular formula is C19H18ClN5OS. The number of para-hydroxylation sites is 1. The lowest BCUT2D eigenvalue weighted by Gasteiger charge is -2.32. The molecule has 1 aliphatic heterocycles. The molecule has 2 heterocycles. The zero-order valence-corrected chi connectivity index (χ0v) is 16.4. The number of hydrogen-bond acceptors (Lipinski definition) is 5. The molecule has 1 aliphatic rings. The lowest BCUT2D eigenvalue weighted by atomic mass is 10.0. The van der Waals surface area contributed by atoms with E-state index in [0.717, 1.165) is 22.6 Å². The number of carbonyl (C=O) groups is 1. The third kappa shape index (κ3) is 3.52. The molecule has 0 bridgehead atoms. The maximum Gasteiger partial charge on any atom is 0.240 e. The number of amides is 1. The Morgan fingerprint density at radius 1 is 1.15 bits per heavy atom. The SMILES string of the molecule is Cc1ccccc1NC(=O)[C@H]1Sc2nnc(C)n2N[C@@H]1c1ccc(Cl)cc1. The lowest BCUT2D eigenvalue weighted by Crippen LogP contribution is -2.41. The number of aryl methyl sites for hydroxylation is 2. The minimum absolute atomic E-state index is 0.0892. The van der Waals surface area contributed by atoms with Crippen LogP contribution in [0, 0.1) is 13.8 Å². The largest absolute Gasteiger partial charge is 0.325 e. The third-order valence-corrected chi connectivity index (χ3v) is 5.96. The zero-order chi connectivity index (χ0) is 19.0. The van der Waals surface area contributed by atoms with Crippen LogP contribution >= 0.6 is 23.4 Å². The molecular weight excluding hydrogens is 382 g/mol. The van der Waals surface area contributed by atoms with Crippen LogP contribution in [0.5, 0.6) is 0 Å². The molecule has 4 rings (SSSR count). The number of aromatic nitrogens is 3. The van der Waals surface area contributed by atoms with Crippen molar-refractivity contribution >= 4 is 35.0 Å². The standard InChI is InChI=1S/C19H18ClN5OS/c1-11-5-3-4-6-15(11)21-18(26)17-16(13-7-9-14(20)10-8-13)24-25-12(2)22-23-19(25)27-17/h3-10,16-17,24H,1-2H3,(H,21,26)/t16-,17+/m1/s1. The molecule has 138 valence electrons. The molecule has 0 fully saturated rings. The van der Waals surface area contributed by atoms with Gasteiger partial charge in [-0.05, 0) is 43.2 Å². The Kier molecular flexibility index (Phi) is 4.80. The number of rotatable bonds is 3. The predicted molar refractivity (Wildman–Crippen MR) is 108 cm³/mol. The number of hydrogen-bond donors (Lipinski definition) is 2. The molecule has 2 aromatic carbocycles. The molecule has 8 heteroatoms. The van der Waals surface area contributed by atoms with E-state index in [9.17, 15) is 4.79 Å². The summed E-state index contributed by atoms with van der Waals surface area (Å²) in [5, 5.41) is 12.2. The molecule has 0 saturated carbocycles. The van der Waals surface area contributed by atoms with Crippen LogP contribution in [0.25, 0.3) is 0 Å². The van der Waals surface area contributed by atoms with Crippen molar-refractivity contribution < 1.29 is 4.79 Å². The first-order valence-corrected chi connectivity index (χ1v) is 9.76. The Labute approximate surface area is 166 Å². The fourth-order valence-electron chi connectivity index (χ4n) is 3.00. The number of fused-ring (bicyclic) bond motifs is 1. The molecule has 1 amide bonds. The summed E-state index contributed by atoms with van der Waals surface area (Å²) in [5.41, 5.74) is 6.17. The van der Waals surface area contributed by atoms with Gasteiger partial charge in [-0.2, -0.15) is 0 Å². The van der Waals surface area contributed by atoms with Crippen molar-refractivity contribution in [1.82, 2.24) is 14.9 Å². The quantitative estimate of drug-likeness (QED) is 0.697. The second-order valence-corrected chi connectivity index (χ2v) is 7.91. The van der Waals surface area contributed by atoms with Gasteiger partial charge in [-0.1, -0.05) is 53.7 Å². The summed E-state index contributed by atoms with van der Waals surface area (Å²) in [6, 6.07) is 15.0. The molecule has 27 heavy (non-hydrogen) atoms. The topological polar surface area (TPSA) is 71.8 Å². The van der Waals surface area contributed by atoms with Gasteiger partial charge in [0, 0.05) is 10.7 Å². The Morgan fingerprint density at radius 3 is 2.63 bits per heavy atom. The van der Waals surface area contributed by atoms with Gasteiger partial charge in [0.2, 0.25) is 11.1 Å². The van der Waals surface area contributed by atoms with Crippen LogP contribution < -0.4 is 10.7 Å². The Morgan fingerprint density at radius 2 is 1.89 bits per heavy atom. The highest BCUT2D eigenvalue weighted by atomic mass is 35.5. The number of carbonyl (C=O) groups excluding carboxylic acids is 1. The van der Waals surface area contributed by atoms with E-state index in [-0.39, 0.29) is 11.9 Å². The van der Waals surface area contributed by atoms with Gasteiger partial charge in [0.25, 0.3) is 0 Å². The minimum atomic E-state index is -0.415. The van der Waals surface area contributed by atoms with Crippen molar-refractivity contribution in [2.24, 2.45) is 0 Å². The summed E-state index contributed by atoms with van der Waals surface area (Å²) in [6.45, 7) is 3.84. The van der Waals surface area contributed by atoms with Crippen LogP contribution in [0.1, 0.15) is 23.0 Å². The Bertz CT molecular complexity index is 988. The second-order valence-electron chi connectivity index (χ2n) is 6.37. The fourth-order valence-corrected chi connectivity index (χ4v) is 4.25. The summed E-state index contributed by atoms with van der Waals surface area (Å²) >= 11 is 7.43. The Hall–Kier alpha value is -2.51. The number of halogens is 1. The van der Waals surface area contributed by atoms with Gasteiger partial charge in [-0.15, -0.1) is 10.2 Å². The summed E-state index contributed by atoms with van der Waals surface area (Å²) < 4.78 is 1.82. The molecule has 6 nitrogen and oxygen atoms in total. The van der Waals surface area contributed by atoms with E-state index in [4.69, 9.17) is 11.6 Å². The van der Waals surface area contributed by atoms with Gasteiger partial charge in [0.15, 0.2) is 0 Å². The van der Waals surface area contributed by atoms with E-state index in [0.29, 0.717) is 10.2 Å². The maximum absolute atomic E-state index is 13.1. The number of thioether (sulfide) groups is 1. The van der Waals surface area contributed by atoms with Crippen LogP contribution in [0.4, 0.5) is 5.69 Å². The first kappa shape index (κ1) is 17.9. The number of anilines is 1. The predicted octanol–water partition coefficient (Wildman–Crippen LogP) is 3.95. The lowest BCUT2D eigenvalue weighted by molar-refractivity contribution is -0.116. The molecule has 2 N–H and O–H groups in total. The highest BCUT2D eigenvalue weighted by Gasteiger charge is 2.37. The average molecular weight is 400 g/mol. The van der Waals surface area contributed by atoms with Crippen LogP contribution in [0.3, 0.4) is 0 Å². The van der Waals surface area contributed by atoms with E-state index < -0.39 is 5.25 Å². The summed E-state index contributed by atoms with van der Waals surface area (Å²) in [5.74, 6) is 0.655. The van der Waals surface area contributed by atoms with Gasteiger partial charge in [-0.3, -0.25) is 4.79 Å². The van der Waals surface area contributed by atoms with Crippen molar-refractivity contribution in [3.63, 3.8) is 0 Å². The first-order valence-electron chi connectivity index (χ1n) is 8.50. The van der Waals surface area contributed by atoms with E-state index in [2.05, 4.69) is 20.9 Å². The van der Waals surface area contributed by atoms with Crippen molar-refractivity contribution in [3.05, 3.63) is 70.5 Å². The average Bonchev–Trinajstić information content (AvgIpc) is 3.03. The smallest absolute Gasteiger partial charge is 0.240 e. The van der Waals surface area contributed by atoms with E-state index in [1.807, 2.05) is 67.1 Å². The minimum Gasteiger partial charge on any atom is -0.325 e. The maximum atomic E-state index is 13.1. The van der Waals surface area contributed by atoms with Crippen LogP contribution in [0.15, 0.2) is 53.7 Å². The van der Waals surface area contributed by atoms with Gasteiger partial charge >= 0.3 is 0 Å². The summed E-state index contributed by atoms with van der Waals surface area (Å²) in [7, 11) is 0. The van der Waals surface area contributed by atoms with Gasteiger partial charge < -0.3 is 10.7 Å². The van der Waals surface area contributed by atoms with Gasteiger partial charge in [0.1, 0.15) is 11.1 Å². The van der Waals surface area contributed by atoms with Crippen LogP contribution in [-0.2, 0) is 4.79 Å². The monoisotopic (exact) mass is 399 g/mol. The van der Waals surface area contributed by atoms with E-state index >= 15 is 0 Å². The molecule has 0 unspecified atom stereocenters. The fraction of sp³-hybridized carbons (Fsp3) is 0.211. The number of nitrogens with one attached hydrogen (secondary N) is 2. The Balaban J connectivity index is 1.68. The van der Waals surface area contributed by atoms with Gasteiger partial charge in [0.05, 0.1) is 6.04 Å². The van der Waals surface area contributed by atoms with Crippen LogP contribution in [0.2, 0.25) is 5.02 Å². The second kappa shape index (κ2) is 7.25. The highest BCUT2D eigenvalue weighted by Crippen LogP contribution is 2.37. The third-order valence-electron chi connectivity index (χ3n) is 4.49. The molecule has 0 saturated heterocycles. The van der Waals surface area contributed by atoms with Crippen molar-refractivity contribution in [3.8, 4) is 0 Å². The first-order chi connectivity index (χ1) is 13.0. The van der Waals surface area contributed by atoms with Crippen LogP contribution in [-0.4, -0.2) is 26.0 Å². The van der Waals surface area contributed by atoms with E-state index in [1.54, 1.807) is 0 Å². The highest BCUT2D eigenvalue weighted by molar-refractivity contribution is 8.00. The van der Waals surface area contributed by atoms with Crippen molar-refractivity contribution in [2.45, 2.75) is 30.3 Å². The summed E-state index contributed by atoms with van der Waals surface area (Å²) in [6.07, 6.45) is 0. The number of nitrogens with zero attached hydrogens (tertiary/aromatic N) is 3. The normalized spacial score (nSPS) is 18.5. The molecule has 0 radical (unpaired) electrons. The van der Waals surface area contributed by atoms with Gasteiger partial charge in [-0.25, -0.2) is 4.68 Å². The summed E-state index contributed by atoms with van der Waals surface area (Å²) in [4.78, 5) is 13.1. The van der Waals surface area contributed by atoms with Crippen molar-refractivity contribution in [2.75, 3.05) is 10.7 Å². The molecule has 0 aliphatic carbocycles. The molecule has 0 spiro atoms. The zero-order valence-electron chi connectivity index (χ0n) is 14.8. The van der Waals surface area contributed by atoms with E-state index in [1.165, 1.54) is 11.8 Å². The molecule has 2 atom stereocenters. The number of benzene rings is 2. The molecule has 1 aromatic heterocycles. The molecule has 3 aromatic rings. The van der Waals surface area contributed by atoms with Crippen molar-refractivity contribution in [1.29, 1.82) is 0 Å².